The molecule has 2 amide bonds. The molecule has 1 heterocycles. The van der Waals surface area contributed by atoms with Crippen LogP contribution in [0, 0.1) is 11.3 Å². The standard InChI is InChI=1S/C29H38N8O3/c1-17(2)9-10-33-28(39)22-11-21(12-23(30)13-22)24-15-35-27(36-18(3)4)29(40)37(24)16-25(38)34-14-19-5-7-20(8-6-19)26(31)32/h5-8,11-13,15,17-18H,9-10,14,16,30H2,1-4H3,(H3,31,32)(H,33,39)(H,34,38)(H,35,36). The second kappa shape index (κ2) is 13.4. The molecule has 0 aliphatic carbocycles. The van der Waals surface area contributed by atoms with Crippen LogP contribution in [0.4, 0.5) is 11.5 Å². The predicted octanol–water partition coefficient (Wildman–Crippen LogP) is 2.69. The fourth-order valence-corrected chi connectivity index (χ4v) is 3.96. The van der Waals surface area contributed by atoms with Crippen LogP contribution in [0.1, 0.15) is 55.6 Å². The number of nitrogen functional groups attached to an aromatic ring is 2. The Morgan fingerprint density at radius 2 is 1.73 bits per heavy atom. The van der Waals surface area contributed by atoms with Crippen molar-refractivity contribution in [3.63, 3.8) is 0 Å². The van der Waals surface area contributed by atoms with Gasteiger partial charge < -0.3 is 27.4 Å². The maximum atomic E-state index is 13.4. The van der Waals surface area contributed by atoms with Crippen molar-refractivity contribution in [2.24, 2.45) is 11.7 Å². The predicted molar refractivity (Wildman–Crippen MR) is 158 cm³/mol. The van der Waals surface area contributed by atoms with Crippen LogP contribution in [0.15, 0.2) is 53.5 Å². The van der Waals surface area contributed by atoms with Crippen LogP contribution in [0.3, 0.4) is 0 Å². The Balaban J connectivity index is 1.90. The molecule has 0 saturated heterocycles. The van der Waals surface area contributed by atoms with E-state index in [-0.39, 0.29) is 36.7 Å². The van der Waals surface area contributed by atoms with Crippen molar-refractivity contribution in [1.82, 2.24) is 20.2 Å². The maximum absolute atomic E-state index is 13.4. The van der Waals surface area contributed by atoms with Crippen molar-refractivity contribution in [3.8, 4) is 11.3 Å². The Hall–Kier alpha value is -4.67. The molecule has 0 atom stereocenters. The molecule has 2 aromatic carbocycles. The van der Waals surface area contributed by atoms with E-state index in [2.05, 4.69) is 34.8 Å². The third-order valence-electron chi connectivity index (χ3n) is 6.06. The summed E-state index contributed by atoms with van der Waals surface area (Å²) in [5, 5.41) is 16.2. The van der Waals surface area contributed by atoms with Gasteiger partial charge in [0.1, 0.15) is 12.4 Å². The highest BCUT2D eigenvalue weighted by molar-refractivity contribution is 5.96. The highest BCUT2D eigenvalue weighted by Gasteiger charge is 2.18. The van der Waals surface area contributed by atoms with Crippen molar-refractivity contribution >= 4 is 29.2 Å². The number of anilines is 2. The molecule has 0 aliphatic rings. The first kappa shape index (κ1) is 29.9. The molecule has 8 N–H and O–H groups in total. The van der Waals surface area contributed by atoms with Gasteiger partial charge in [-0.15, -0.1) is 0 Å². The lowest BCUT2D eigenvalue weighted by Gasteiger charge is -2.17. The average Bonchev–Trinajstić information content (AvgIpc) is 2.89. The van der Waals surface area contributed by atoms with Crippen molar-refractivity contribution in [2.45, 2.75) is 53.2 Å². The normalized spacial score (nSPS) is 10.9. The lowest BCUT2D eigenvalue weighted by molar-refractivity contribution is -0.121. The summed E-state index contributed by atoms with van der Waals surface area (Å²) in [5.41, 5.74) is 14.1. The monoisotopic (exact) mass is 546 g/mol. The van der Waals surface area contributed by atoms with Gasteiger partial charge in [0.15, 0.2) is 5.82 Å². The zero-order valence-corrected chi connectivity index (χ0v) is 23.4. The largest absolute Gasteiger partial charge is 0.399 e. The van der Waals surface area contributed by atoms with Gasteiger partial charge in [0, 0.05) is 41.5 Å². The molecule has 0 spiro atoms. The highest BCUT2D eigenvalue weighted by atomic mass is 16.2. The van der Waals surface area contributed by atoms with Crippen LogP contribution in [0.5, 0.6) is 0 Å². The fraction of sp³-hybridized carbons (Fsp3) is 0.345. The van der Waals surface area contributed by atoms with E-state index in [1.54, 1.807) is 42.5 Å². The number of rotatable bonds is 12. The van der Waals surface area contributed by atoms with Crippen molar-refractivity contribution in [3.05, 3.63) is 75.7 Å². The van der Waals surface area contributed by atoms with E-state index in [1.807, 2.05) is 13.8 Å². The summed E-state index contributed by atoms with van der Waals surface area (Å²) < 4.78 is 1.32. The van der Waals surface area contributed by atoms with Gasteiger partial charge in [-0.3, -0.25) is 24.4 Å². The Labute approximate surface area is 233 Å². The molecule has 0 fully saturated rings. The third kappa shape index (κ3) is 8.16. The molecule has 1 aromatic heterocycles. The Bertz CT molecular complexity index is 1430. The summed E-state index contributed by atoms with van der Waals surface area (Å²) in [7, 11) is 0. The molecule has 0 radical (unpaired) electrons. The van der Waals surface area contributed by atoms with E-state index < -0.39 is 11.5 Å². The maximum Gasteiger partial charge on any atom is 0.294 e. The number of carbonyl (C=O) groups is 2. The summed E-state index contributed by atoms with van der Waals surface area (Å²) in [6.45, 7) is 8.39. The number of benzene rings is 2. The lowest BCUT2D eigenvalue weighted by Crippen LogP contribution is -2.35. The van der Waals surface area contributed by atoms with Crippen LogP contribution < -0.4 is 33.0 Å². The first-order chi connectivity index (χ1) is 18.9. The van der Waals surface area contributed by atoms with Gasteiger partial charge in [-0.05, 0) is 49.9 Å². The van der Waals surface area contributed by atoms with Crippen LogP contribution in [-0.4, -0.2) is 39.8 Å². The van der Waals surface area contributed by atoms with E-state index in [9.17, 15) is 14.4 Å². The van der Waals surface area contributed by atoms with Gasteiger partial charge in [0.2, 0.25) is 5.91 Å². The van der Waals surface area contributed by atoms with Gasteiger partial charge in [0.25, 0.3) is 11.5 Å². The van der Waals surface area contributed by atoms with E-state index in [4.69, 9.17) is 16.9 Å². The molecule has 3 aromatic rings. The van der Waals surface area contributed by atoms with Gasteiger partial charge in [0.05, 0.1) is 11.9 Å². The number of amides is 2. The Kier molecular flexibility index (Phi) is 10.0. The summed E-state index contributed by atoms with van der Waals surface area (Å²) in [6, 6.07) is 11.7. The number of carbonyl (C=O) groups excluding carboxylic acids is 2. The minimum absolute atomic E-state index is 0.0382. The van der Waals surface area contributed by atoms with E-state index >= 15 is 0 Å². The van der Waals surface area contributed by atoms with E-state index in [1.165, 1.54) is 10.8 Å². The third-order valence-corrected chi connectivity index (χ3v) is 6.06. The number of nitrogens with zero attached hydrogens (tertiary/aromatic N) is 2. The molecular formula is C29H38N8O3. The quantitative estimate of drug-likeness (QED) is 0.115. The number of amidine groups is 1. The Morgan fingerprint density at radius 3 is 2.35 bits per heavy atom. The van der Waals surface area contributed by atoms with Crippen LogP contribution in [0.25, 0.3) is 11.3 Å². The number of aromatic nitrogens is 2. The first-order valence-corrected chi connectivity index (χ1v) is 13.2. The van der Waals surface area contributed by atoms with E-state index in [0.29, 0.717) is 40.5 Å². The number of hydrogen-bond acceptors (Lipinski definition) is 7. The Morgan fingerprint density at radius 1 is 1.02 bits per heavy atom. The topological polar surface area (TPSA) is 181 Å². The second-order valence-corrected chi connectivity index (χ2v) is 10.4. The average molecular weight is 547 g/mol. The van der Waals surface area contributed by atoms with Gasteiger partial charge in [-0.25, -0.2) is 4.98 Å². The van der Waals surface area contributed by atoms with Crippen LogP contribution >= 0.6 is 0 Å². The smallest absolute Gasteiger partial charge is 0.294 e. The SMILES string of the molecule is CC(C)CCNC(=O)c1cc(N)cc(-c2cnc(NC(C)C)c(=O)n2CC(=O)NCc2ccc(C(=N)N)cc2)c1. The van der Waals surface area contributed by atoms with Gasteiger partial charge in [-0.2, -0.15) is 0 Å². The summed E-state index contributed by atoms with van der Waals surface area (Å²) in [6.07, 6.45) is 2.33. The number of hydrogen-bond donors (Lipinski definition) is 6. The second-order valence-electron chi connectivity index (χ2n) is 10.4. The minimum Gasteiger partial charge on any atom is -0.399 e. The number of nitrogens with one attached hydrogen (secondary N) is 4. The molecule has 0 saturated carbocycles. The molecule has 11 heteroatoms. The molecule has 0 bridgehead atoms. The molecule has 0 unspecified atom stereocenters. The highest BCUT2D eigenvalue weighted by Crippen LogP contribution is 2.23. The summed E-state index contributed by atoms with van der Waals surface area (Å²) in [5.74, 6) is -0.147. The minimum atomic E-state index is -0.475. The number of nitrogens with two attached hydrogens (primary N) is 2. The molecular weight excluding hydrogens is 508 g/mol. The zero-order valence-electron chi connectivity index (χ0n) is 23.4. The zero-order chi connectivity index (χ0) is 29.4. The first-order valence-electron chi connectivity index (χ1n) is 13.2. The molecule has 11 nitrogen and oxygen atoms in total. The van der Waals surface area contributed by atoms with E-state index in [0.717, 1.165) is 12.0 Å². The lowest BCUT2D eigenvalue weighted by atomic mass is 10.1. The van der Waals surface area contributed by atoms with Crippen molar-refractivity contribution in [1.29, 1.82) is 5.41 Å². The van der Waals surface area contributed by atoms with Gasteiger partial charge >= 0.3 is 0 Å². The van der Waals surface area contributed by atoms with Crippen LogP contribution in [-0.2, 0) is 17.9 Å². The fourth-order valence-electron chi connectivity index (χ4n) is 3.96. The van der Waals surface area contributed by atoms with Crippen LogP contribution in [0.2, 0.25) is 0 Å². The molecule has 40 heavy (non-hydrogen) atoms. The summed E-state index contributed by atoms with van der Waals surface area (Å²) in [4.78, 5) is 43.5. The molecule has 3 rings (SSSR count). The molecule has 212 valence electrons. The summed E-state index contributed by atoms with van der Waals surface area (Å²) >= 11 is 0. The van der Waals surface area contributed by atoms with Crippen molar-refractivity contribution in [2.75, 3.05) is 17.6 Å². The van der Waals surface area contributed by atoms with Gasteiger partial charge in [-0.1, -0.05) is 38.1 Å². The molecule has 0 aliphatic heterocycles. The van der Waals surface area contributed by atoms with Crippen molar-refractivity contribution < 1.29 is 9.59 Å².